The Hall–Kier alpha value is -2.67. The first-order valence-corrected chi connectivity index (χ1v) is 6.83. The molecular formula is C15H14N2O5. The zero-order valence-electron chi connectivity index (χ0n) is 11.5. The lowest BCUT2D eigenvalue weighted by Gasteiger charge is -2.16. The standard InChI is InChI=1S/C15H14N2O5/c18-12-7-9(8-3-1-2-4-10(8)16-12)14(19)17-11-5-6-22-13(11)15(20)21/h1-4,7,11,13H,5-6H2,(H,16,18)(H,17,19)(H,20,21)/t11-,13+/m0/s1. The molecule has 2 heterocycles. The van der Waals surface area contributed by atoms with Crippen molar-refractivity contribution >= 4 is 22.8 Å². The number of ether oxygens (including phenoxy) is 1. The molecule has 1 fully saturated rings. The molecule has 0 radical (unpaired) electrons. The van der Waals surface area contributed by atoms with Crippen LogP contribution in [0.5, 0.6) is 0 Å². The fraction of sp³-hybridized carbons (Fsp3) is 0.267. The number of H-pyrrole nitrogens is 1. The number of benzene rings is 1. The number of carboxylic acid groups (broad SMARTS) is 1. The molecule has 3 N–H and O–H groups in total. The number of amides is 1. The maximum atomic E-state index is 12.4. The van der Waals surface area contributed by atoms with Crippen molar-refractivity contribution < 1.29 is 19.4 Å². The van der Waals surface area contributed by atoms with E-state index in [1.807, 2.05) is 0 Å². The third-order valence-electron chi connectivity index (χ3n) is 3.65. The third kappa shape index (κ3) is 2.58. The van der Waals surface area contributed by atoms with Crippen LogP contribution >= 0.6 is 0 Å². The summed E-state index contributed by atoms with van der Waals surface area (Å²) in [5, 5.41) is 12.3. The van der Waals surface area contributed by atoms with Crippen molar-refractivity contribution in [1.29, 1.82) is 0 Å². The summed E-state index contributed by atoms with van der Waals surface area (Å²) in [6.45, 7) is 0.276. The van der Waals surface area contributed by atoms with E-state index >= 15 is 0 Å². The van der Waals surface area contributed by atoms with Gasteiger partial charge in [0.2, 0.25) is 5.56 Å². The summed E-state index contributed by atoms with van der Waals surface area (Å²) in [5.41, 5.74) is 0.384. The van der Waals surface area contributed by atoms with Gasteiger partial charge in [-0.25, -0.2) is 4.79 Å². The van der Waals surface area contributed by atoms with E-state index in [0.717, 1.165) is 0 Å². The zero-order chi connectivity index (χ0) is 15.7. The molecule has 7 nitrogen and oxygen atoms in total. The van der Waals surface area contributed by atoms with Gasteiger partial charge in [0.25, 0.3) is 5.91 Å². The van der Waals surface area contributed by atoms with Crippen molar-refractivity contribution in [2.24, 2.45) is 0 Å². The molecule has 1 aromatic heterocycles. The molecule has 0 aliphatic carbocycles. The minimum absolute atomic E-state index is 0.218. The highest BCUT2D eigenvalue weighted by molar-refractivity contribution is 6.06. The monoisotopic (exact) mass is 302 g/mol. The van der Waals surface area contributed by atoms with Crippen molar-refractivity contribution in [2.75, 3.05) is 6.61 Å². The maximum Gasteiger partial charge on any atom is 0.334 e. The Labute approximate surface area is 124 Å². The topological polar surface area (TPSA) is 108 Å². The minimum atomic E-state index is -1.11. The number of aromatic amines is 1. The lowest BCUT2D eigenvalue weighted by atomic mass is 10.1. The van der Waals surface area contributed by atoms with Crippen LogP contribution in [0.1, 0.15) is 16.8 Å². The highest BCUT2D eigenvalue weighted by Crippen LogP contribution is 2.17. The van der Waals surface area contributed by atoms with E-state index in [4.69, 9.17) is 9.84 Å². The van der Waals surface area contributed by atoms with Crippen molar-refractivity contribution in [3.63, 3.8) is 0 Å². The van der Waals surface area contributed by atoms with Gasteiger partial charge in [-0.15, -0.1) is 0 Å². The molecule has 1 aromatic carbocycles. The van der Waals surface area contributed by atoms with E-state index in [1.54, 1.807) is 24.3 Å². The van der Waals surface area contributed by atoms with Crippen molar-refractivity contribution in [3.8, 4) is 0 Å². The number of carbonyl (C=O) groups excluding carboxylic acids is 1. The van der Waals surface area contributed by atoms with Gasteiger partial charge in [0.1, 0.15) is 0 Å². The zero-order valence-corrected chi connectivity index (χ0v) is 11.5. The number of rotatable bonds is 3. The molecule has 0 bridgehead atoms. The van der Waals surface area contributed by atoms with Gasteiger partial charge in [0.15, 0.2) is 6.10 Å². The molecule has 0 saturated carbocycles. The smallest absolute Gasteiger partial charge is 0.334 e. The lowest BCUT2D eigenvalue weighted by molar-refractivity contribution is -0.148. The van der Waals surface area contributed by atoms with Gasteiger partial charge in [-0.2, -0.15) is 0 Å². The Morgan fingerprint density at radius 1 is 1.32 bits per heavy atom. The van der Waals surface area contributed by atoms with Crippen LogP contribution in [-0.2, 0) is 9.53 Å². The number of nitrogens with one attached hydrogen (secondary N) is 2. The van der Waals surface area contributed by atoms with Crippen LogP contribution in [0.2, 0.25) is 0 Å². The number of carboxylic acids is 1. The van der Waals surface area contributed by atoms with E-state index in [9.17, 15) is 14.4 Å². The molecule has 0 unspecified atom stereocenters. The molecule has 114 valence electrons. The van der Waals surface area contributed by atoms with Gasteiger partial charge in [-0.3, -0.25) is 9.59 Å². The number of aliphatic carboxylic acids is 1. The Balaban J connectivity index is 1.93. The number of aromatic nitrogens is 1. The number of hydrogen-bond acceptors (Lipinski definition) is 4. The van der Waals surface area contributed by atoms with Crippen LogP contribution in [0.4, 0.5) is 0 Å². The molecule has 1 aliphatic heterocycles. The Bertz CT molecular complexity index is 798. The molecular weight excluding hydrogens is 288 g/mol. The number of fused-ring (bicyclic) bond motifs is 1. The first-order chi connectivity index (χ1) is 10.6. The van der Waals surface area contributed by atoms with Gasteiger partial charge in [-0.1, -0.05) is 18.2 Å². The summed E-state index contributed by atoms with van der Waals surface area (Å²) >= 11 is 0. The van der Waals surface area contributed by atoms with Gasteiger partial charge in [0.05, 0.1) is 11.6 Å². The van der Waals surface area contributed by atoms with Crippen LogP contribution < -0.4 is 10.9 Å². The number of para-hydroxylation sites is 1. The van der Waals surface area contributed by atoms with Crippen molar-refractivity contribution in [2.45, 2.75) is 18.6 Å². The van der Waals surface area contributed by atoms with Crippen LogP contribution in [0, 0.1) is 0 Å². The van der Waals surface area contributed by atoms with Gasteiger partial charge < -0.3 is 20.1 Å². The average Bonchev–Trinajstić information content (AvgIpc) is 2.94. The SMILES string of the molecule is O=C(N[C@H]1CCO[C@H]1C(=O)O)c1cc(=O)[nH]c2ccccc12. The highest BCUT2D eigenvalue weighted by atomic mass is 16.5. The lowest BCUT2D eigenvalue weighted by Crippen LogP contribution is -2.44. The van der Waals surface area contributed by atoms with Crippen molar-refractivity contribution in [3.05, 3.63) is 46.2 Å². The van der Waals surface area contributed by atoms with E-state index in [0.29, 0.717) is 17.3 Å². The predicted octanol–water partition coefficient (Wildman–Crippen LogP) is 0.500. The molecule has 2 aromatic rings. The quantitative estimate of drug-likeness (QED) is 0.765. The van der Waals surface area contributed by atoms with E-state index in [1.165, 1.54) is 6.07 Å². The first kappa shape index (κ1) is 14.3. The maximum absolute atomic E-state index is 12.4. The normalized spacial score (nSPS) is 20.9. The molecule has 7 heteroatoms. The second kappa shape index (κ2) is 5.61. The molecule has 1 amide bonds. The molecule has 0 spiro atoms. The minimum Gasteiger partial charge on any atom is -0.479 e. The van der Waals surface area contributed by atoms with Gasteiger partial charge in [-0.05, 0) is 12.5 Å². The van der Waals surface area contributed by atoms with Crippen molar-refractivity contribution in [1.82, 2.24) is 10.3 Å². The molecule has 1 saturated heterocycles. The fourth-order valence-corrected chi connectivity index (χ4v) is 2.62. The van der Waals surface area contributed by atoms with Crippen LogP contribution in [-0.4, -0.2) is 40.7 Å². The summed E-state index contributed by atoms with van der Waals surface area (Å²) in [6, 6.07) is 7.54. The molecule has 3 rings (SSSR count). The van der Waals surface area contributed by atoms with E-state index < -0.39 is 24.0 Å². The third-order valence-corrected chi connectivity index (χ3v) is 3.65. The summed E-state index contributed by atoms with van der Waals surface area (Å²) in [7, 11) is 0. The summed E-state index contributed by atoms with van der Waals surface area (Å²) in [5.74, 6) is -1.59. The number of pyridine rings is 1. The van der Waals surface area contributed by atoms with Crippen LogP contribution in [0.15, 0.2) is 35.1 Å². The predicted molar refractivity (Wildman–Crippen MR) is 77.8 cm³/mol. The largest absolute Gasteiger partial charge is 0.479 e. The van der Waals surface area contributed by atoms with E-state index in [-0.39, 0.29) is 17.7 Å². The average molecular weight is 302 g/mol. The molecule has 2 atom stereocenters. The second-order valence-electron chi connectivity index (χ2n) is 5.09. The Morgan fingerprint density at radius 2 is 2.09 bits per heavy atom. The summed E-state index contributed by atoms with van der Waals surface area (Å²) in [4.78, 5) is 37.8. The highest BCUT2D eigenvalue weighted by Gasteiger charge is 2.35. The second-order valence-corrected chi connectivity index (χ2v) is 5.09. The number of hydrogen-bond donors (Lipinski definition) is 3. The van der Waals surface area contributed by atoms with Crippen LogP contribution in [0.3, 0.4) is 0 Å². The number of carbonyl (C=O) groups is 2. The first-order valence-electron chi connectivity index (χ1n) is 6.83. The Kier molecular flexibility index (Phi) is 3.64. The van der Waals surface area contributed by atoms with Gasteiger partial charge >= 0.3 is 5.97 Å². The summed E-state index contributed by atoms with van der Waals surface area (Å²) < 4.78 is 5.09. The molecule has 1 aliphatic rings. The Morgan fingerprint density at radius 3 is 2.86 bits per heavy atom. The molecule has 22 heavy (non-hydrogen) atoms. The van der Waals surface area contributed by atoms with Gasteiger partial charge in [0, 0.05) is 23.6 Å². The fourth-order valence-electron chi connectivity index (χ4n) is 2.62. The van der Waals surface area contributed by atoms with Crippen LogP contribution in [0.25, 0.3) is 10.9 Å². The summed E-state index contributed by atoms with van der Waals surface area (Å²) in [6.07, 6.45) is -0.638. The van der Waals surface area contributed by atoms with E-state index in [2.05, 4.69) is 10.3 Å².